The molecule has 0 bridgehead atoms. The van der Waals surface area contributed by atoms with Gasteiger partial charge in [-0.3, -0.25) is 15.1 Å². The zero-order valence-electron chi connectivity index (χ0n) is 13.0. The molecule has 1 atom stereocenters. The summed E-state index contributed by atoms with van der Waals surface area (Å²) in [6.45, 7) is 0. The van der Waals surface area contributed by atoms with Gasteiger partial charge in [-0.1, -0.05) is 30.3 Å². The van der Waals surface area contributed by atoms with E-state index in [9.17, 15) is 20.0 Å². The number of nitro groups is 1. The van der Waals surface area contributed by atoms with Crippen molar-refractivity contribution in [3.63, 3.8) is 0 Å². The van der Waals surface area contributed by atoms with E-state index in [4.69, 9.17) is 4.74 Å². The van der Waals surface area contributed by atoms with Gasteiger partial charge in [0, 0.05) is 30.3 Å². The van der Waals surface area contributed by atoms with Gasteiger partial charge in [0.15, 0.2) is 6.04 Å². The van der Waals surface area contributed by atoms with Crippen molar-refractivity contribution in [2.45, 2.75) is 12.5 Å². The number of phenolic OH excluding ortho intramolecular Hbond substituents is 1. The monoisotopic (exact) mass is 328 g/mol. The Morgan fingerprint density at radius 2 is 2.04 bits per heavy atom. The average molecular weight is 328 g/mol. The number of benzene rings is 2. The smallest absolute Gasteiger partial charge is 0.330 e. The lowest BCUT2D eigenvalue weighted by Crippen LogP contribution is -2.23. The molecule has 24 heavy (non-hydrogen) atoms. The summed E-state index contributed by atoms with van der Waals surface area (Å²) in [5, 5.41) is 20.6. The van der Waals surface area contributed by atoms with Crippen molar-refractivity contribution < 1.29 is 19.6 Å². The average Bonchev–Trinajstić information content (AvgIpc) is 2.59. The highest BCUT2D eigenvalue weighted by Crippen LogP contribution is 2.21. The molecule has 0 aliphatic carbocycles. The van der Waals surface area contributed by atoms with Crippen molar-refractivity contribution in [3.05, 3.63) is 69.8 Å². The maximum Gasteiger partial charge on any atom is 0.330 e. The van der Waals surface area contributed by atoms with Crippen LogP contribution >= 0.6 is 0 Å². The second-order valence-electron chi connectivity index (χ2n) is 5.01. The number of methoxy groups -OCH3 is 1. The van der Waals surface area contributed by atoms with Gasteiger partial charge in [0.25, 0.3) is 5.69 Å². The van der Waals surface area contributed by atoms with Gasteiger partial charge in [0.1, 0.15) is 5.75 Å². The van der Waals surface area contributed by atoms with Crippen LogP contribution in [0.25, 0.3) is 0 Å². The third-order valence-corrected chi connectivity index (χ3v) is 3.36. The predicted molar refractivity (Wildman–Crippen MR) is 88.3 cm³/mol. The van der Waals surface area contributed by atoms with E-state index in [0.717, 1.165) is 5.56 Å². The second kappa shape index (κ2) is 7.87. The lowest BCUT2D eigenvalue weighted by molar-refractivity contribution is -0.384. The number of non-ortho nitro benzene ring substituents is 1. The van der Waals surface area contributed by atoms with Crippen molar-refractivity contribution in [2.24, 2.45) is 4.99 Å². The van der Waals surface area contributed by atoms with E-state index in [2.05, 4.69) is 4.99 Å². The first-order valence-corrected chi connectivity index (χ1v) is 7.13. The molecule has 0 heterocycles. The number of hydrogen-bond acceptors (Lipinski definition) is 6. The number of phenols is 1. The van der Waals surface area contributed by atoms with Crippen LogP contribution in [0.5, 0.6) is 5.75 Å². The van der Waals surface area contributed by atoms with Crippen LogP contribution in [0.3, 0.4) is 0 Å². The Hall–Kier alpha value is -3.22. The van der Waals surface area contributed by atoms with Gasteiger partial charge in [-0.15, -0.1) is 0 Å². The van der Waals surface area contributed by atoms with Crippen LogP contribution in [0.2, 0.25) is 0 Å². The lowest BCUT2D eigenvalue weighted by Gasteiger charge is -2.10. The van der Waals surface area contributed by atoms with Crippen molar-refractivity contribution >= 4 is 17.9 Å². The molecule has 0 saturated carbocycles. The van der Waals surface area contributed by atoms with E-state index in [-0.39, 0.29) is 17.0 Å². The number of nitro benzene ring substituents is 1. The highest BCUT2D eigenvalue weighted by atomic mass is 16.6. The molecule has 0 aliphatic heterocycles. The van der Waals surface area contributed by atoms with Crippen LogP contribution in [-0.2, 0) is 16.0 Å². The van der Waals surface area contributed by atoms with Crippen LogP contribution in [0.1, 0.15) is 11.1 Å². The van der Waals surface area contributed by atoms with E-state index >= 15 is 0 Å². The van der Waals surface area contributed by atoms with Gasteiger partial charge in [-0.2, -0.15) is 0 Å². The van der Waals surface area contributed by atoms with E-state index in [1.807, 2.05) is 30.3 Å². The minimum absolute atomic E-state index is 0.158. The molecule has 1 N–H and O–H groups in total. The number of nitrogens with zero attached hydrogens (tertiary/aromatic N) is 2. The number of aliphatic imine (C=N–C) groups is 1. The number of ether oxygens (including phenoxy) is 1. The number of carbonyl (C=O) groups is 1. The van der Waals surface area contributed by atoms with E-state index in [0.29, 0.717) is 6.42 Å². The molecular weight excluding hydrogens is 312 g/mol. The van der Waals surface area contributed by atoms with Crippen LogP contribution < -0.4 is 0 Å². The Morgan fingerprint density at radius 3 is 2.67 bits per heavy atom. The third-order valence-electron chi connectivity index (χ3n) is 3.36. The first-order valence-electron chi connectivity index (χ1n) is 7.13. The van der Waals surface area contributed by atoms with Crippen molar-refractivity contribution in [1.82, 2.24) is 0 Å². The SMILES string of the molecule is COC(=O)[C@H](Cc1ccccc1)N=Cc1cc([N+](=O)[O-])ccc1O. The normalized spacial score (nSPS) is 12.0. The van der Waals surface area contributed by atoms with Crippen LogP contribution in [0, 0.1) is 10.1 Å². The topological polar surface area (TPSA) is 102 Å². The molecule has 2 aromatic rings. The van der Waals surface area contributed by atoms with Crippen LogP contribution in [0.4, 0.5) is 5.69 Å². The summed E-state index contributed by atoms with van der Waals surface area (Å²) in [6.07, 6.45) is 1.56. The Balaban J connectivity index is 2.26. The number of carbonyl (C=O) groups excluding carboxylic acids is 1. The van der Waals surface area contributed by atoms with Crippen molar-refractivity contribution in [2.75, 3.05) is 7.11 Å². The molecule has 0 saturated heterocycles. The molecule has 124 valence electrons. The number of rotatable bonds is 6. The molecule has 0 aliphatic rings. The van der Waals surface area contributed by atoms with Gasteiger partial charge in [-0.05, 0) is 11.6 Å². The highest BCUT2D eigenvalue weighted by molar-refractivity contribution is 5.87. The molecule has 0 fully saturated rings. The Kier molecular flexibility index (Phi) is 5.62. The van der Waals surface area contributed by atoms with E-state index in [1.54, 1.807) is 0 Å². The molecule has 0 radical (unpaired) electrons. The fourth-order valence-corrected chi connectivity index (χ4v) is 2.10. The Morgan fingerprint density at radius 1 is 1.33 bits per heavy atom. The molecule has 0 spiro atoms. The molecule has 7 nitrogen and oxygen atoms in total. The summed E-state index contributed by atoms with van der Waals surface area (Å²) in [5.74, 6) is -0.687. The highest BCUT2D eigenvalue weighted by Gasteiger charge is 2.18. The first kappa shape index (κ1) is 17.1. The molecule has 2 aromatic carbocycles. The van der Waals surface area contributed by atoms with Crippen LogP contribution in [0.15, 0.2) is 53.5 Å². The lowest BCUT2D eigenvalue weighted by atomic mass is 10.1. The summed E-state index contributed by atoms with van der Waals surface area (Å²) < 4.78 is 4.74. The molecule has 2 rings (SSSR count). The summed E-state index contributed by atoms with van der Waals surface area (Å²) >= 11 is 0. The summed E-state index contributed by atoms with van der Waals surface area (Å²) in [4.78, 5) is 26.3. The number of hydrogen-bond donors (Lipinski definition) is 1. The third kappa shape index (κ3) is 4.39. The zero-order chi connectivity index (χ0) is 17.5. The zero-order valence-corrected chi connectivity index (χ0v) is 13.0. The Labute approximate surface area is 138 Å². The number of aromatic hydroxyl groups is 1. The standard InChI is InChI=1S/C17H16N2O5/c1-24-17(21)15(9-12-5-3-2-4-6-12)18-11-13-10-14(19(22)23)7-8-16(13)20/h2-8,10-11,15,20H,9H2,1H3/t15-/m0/s1. The minimum atomic E-state index is -0.809. The maximum atomic E-state index is 11.9. The fraction of sp³-hybridized carbons (Fsp3) is 0.176. The second-order valence-corrected chi connectivity index (χ2v) is 5.01. The molecule has 0 amide bonds. The van der Waals surface area contributed by atoms with Gasteiger partial charge in [0.05, 0.1) is 12.0 Å². The van der Waals surface area contributed by atoms with Gasteiger partial charge in [0.2, 0.25) is 0 Å². The summed E-state index contributed by atoms with van der Waals surface area (Å²) in [6, 6.07) is 12.1. The van der Waals surface area contributed by atoms with E-state index in [1.165, 1.54) is 31.5 Å². The first-order chi connectivity index (χ1) is 11.5. The predicted octanol–water partition coefficient (Wildman–Crippen LogP) is 2.50. The van der Waals surface area contributed by atoms with E-state index < -0.39 is 16.9 Å². The molecule has 0 aromatic heterocycles. The summed E-state index contributed by atoms with van der Waals surface area (Å²) in [5.41, 5.74) is 0.881. The summed E-state index contributed by atoms with van der Waals surface area (Å²) in [7, 11) is 1.26. The van der Waals surface area contributed by atoms with Crippen LogP contribution in [-0.4, -0.2) is 35.4 Å². The Bertz CT molecular complexity index is 759. The van der Waals surface area contributed by atoms with Gasteiger partial charge < -0.3 is 9.84 Å². The van der Waals surface area contributed by atoms with Crippen molar-refractivity contribution in [3.8, 4) is 5.75 Å². The molecule has 7 heteroatoms. The largest absolute Gasteiger partial charge is 0.507 e. The quantitative estimate of drug-likeness (QED) is 0.380. The number of esters is 1. The van der Waals surface area contributed by atoms with Crippen molar-refractivity contribution in [1.29, 1.82) is 0 Å². The molecule has 0 unspecified atom stereocenters. The van der Waals surface area contributed by atoms with Gasteiger partial charge >= 0.3 is 5.97 Å². The fourth-order valence-electron chi connectivity index (χ4n) is 2.10. The molecular formula is C17H16N2O5. The van der Waals surface area contributed by atoms with Gasteiger partial charge in [-0.25, -0.2) is 4.79 Å². The maximum absolute atomic E-state index is 11.9. The minimum Gasteiger partial charge on any atom is -0.507 e.